The van der Waals surface area contributed by atoms with Crippen molar-refractivity contribution in [2.75, 3.05) is 26.4 Å². The predicted octanol–water partition coefficient (Wildman–Crippen LogP) is 1.56. The van der Waals surface area contributed by atoms with Crippen molar-refractivity contribution >= 4 is 33.1 Å². The van der Waals surface area contributed by atoms with Crippen LogP contribution >= 0.6 is 11.3 Å². The monoisotopic (exact) mass is 278 g/mol. The first kappa shape index (κ1) is 13.8. The molecular weight excluding hydrogens is 260 g/mol. The number of amides is 1. The number of hydrogen-bond donors (Lipinski definition) is 2. The minimum absolute atomic E-state index is 0.130. The summed E-state index contributed by atoms with van der Waals surface area (Å²) in [6.07, 6.45) is 1.70. The molecule has 0 saturated heterocycles. The fourth-order valence-electron chi connectivity index (χ4n) is 1.62. The molecule has 2 heterocycles. The van der Waals surface area contributed by atoms with Crippen molar-refractivity contribution in [3.63, 3.8) is 0 Å². The minimum atomic E-state index is -0.130. The predicted molar refractivity (Wildman–Crippen MR) is 79.5 cm³/mol. The number of thiophene rings is 1. The maximum Gasteiger partial charge on any atom is 0.263 e. The second-order valence-corrected chi connectivity index (χ2v) is 5.72. The van der Waals surface area contributed by atoms with E-state index in [1.54, 1.807) is 6.20 Å². The van der Waals surface area contributed by atoms with Crippen LogP contribution in [0.1, 0.15) is 16.6 Å². The highest BCUT2D eigenvalue weighted by molar-refractivity contribution is 7.21. The van der Waals surface area contributed by atoms with Gasteiger partial charge in [-0.2, -0.15) is 0 Å². The van der Waals surface area contributed by atoms with Crippen molar-refractivity contribution in [2.24, 2.45) is 0 Å². The number of fused-ring (bicyclic) bond motifs is 1. The van der Waals surface area contributed by atoms with E-state index >= 15 is 0 Å². The van der Waals surface area contributed by atoms with Gasteiger partial charge in [0.2, 0.25) is 0 Å². The molecule has 1 unspecified atom stereocenters. The molecule has 0 aliphatic carbocycles. The number of anilines is 1. The average molecular weight is 278 g/mol. The van der Waals surface area contributed by atoms with Crippen LogP contribution in [-0.2, 0) is 0 Å². The third-order valence-electron chi connectivity index (χ3n) is 3.15. The molecule has 6 heteroatoms. The second kappa shape index (κ2) is 5.54. The van der Waals surface area contributed by atoms with E-state index in [1.807, 2.05) is 26.2 Å². The molecule has 5 nitrogen and oxygen atoms in total. The summed E-state index contributed by atoms with van der Waals surface area (Å²) in [5.41, 5.74) is 6.52. The Kier molecular flexibility index (Phi) is 4.01. The Bertz CT molecular complexity index is 593. The Morgan fingerprint density at radius 3 is 2.95 bits per heavy atom. The molecule has 0 aliphatic heterocycles. The lowest BCUT2D eigenvalue weighted by Crippen LogP contribution is -2.38. The number of hydrogen-bond acceptors (Lipinski definition) is 5. The summed E-state index contributed by atoms with van der Waals surface area (Å²) < 4.78 is 0. The van der Waals surface area contributed by atoms with Gasteiger partial charge in [-0.05, 0) is 33.2 Å². The van der Waals surface area contributed by atoms with Crippen molar-refractivity contribution < 1.29 is 4.79 Å². The topological polar surface area (TPSA) is 71.2 Å². The van der Waals surface area contributed by atoms with Gasteiger partial charge in [-0.15, -0.1) is 11.3 Å². The van der Waals surface area contributed by atoms with E-state index in [4.69, 9.17) is 5.73 Å². The number of carbonyl (C=O) groups excluding carboxylic acids is 1. The number of nitrogens with one attached hydrogen (secondary N) is 1. The molecule has 2 aromatic rings. The average Bonchev–Trinajstić information content (AvgIpc) is 2.73. The normalized spacial score (nSPS) is 12.8. The van der Waals surface area contributed by atoms with Crippen LogP contribution in [0.3, 0.4) is 0 Å². The third kappa shape index (κ3) is 2.85. The smallest absolute Gasteiger partial charge is 0.263 e. The van der Waals surface area contributed by atoms with Crippen molar-refractivity contribution in [2.45, 2.75) is 13.0 Å². The standard InChI is InChI=1S/C13H18N4OS/c1-8(17(2)3)7-16-12(18)11-10(14)9-5-4-6-15-13(9)19-11/h4-6,8H,7,14H2,1-3H3,(H,16,18). The molecule has 19 heavy (non-hydrogen) atoms. The molecule has 1 atom stereocenters. The van der Waals surface area contributed by atoms with Gasteiger partial charge in [0, 0.05) is 24.2 Å². The zero-order valence-corrected chi connectivity index (χ0v) is 12.1. The van der Waals surface area contributed by atoms with Gasteiger partial charge in [0.15, 0.2) is 0 Å². The highest BCUT2D eigenvalue weighted by Crippen LogP contribution is 2.31. The Morgan fingerprint density at radius 1 is 1.58 bits per heavy atom. The van der Waals surface area contributed by atoms with Crippen LogP contribution in [0, 0.1) is 0 Å². The Labute approximate surface area is 116 Å². The molecule has 0 aromatic carbocycles. The van der Waals surface area contributed by atoms with Gasteiger partial charge >= 0.3 is 0 Å². The second-order valence-electron chi connectivity index (χ2n) is 4.72. The first-order chi connectivity index (χ1) is 9.00. The summed E-state index contributed by atoms with van der Waals surface area (Å²) in [5.74, 6) is -0.130. The Balaban J connectivity index is 2.16. The van der Waals surface area contributed by atoms with E-state index in [1.165, 1.54) is 11.3 Å². The number of likely N-dealkylation sites (N-methyl/N-ethyl adjacent to an activating group) is 1. The molecule has 3 N–H and O–H groups in total. The first-order valence-corrected chi connectivity index (χ1v) is 6.90. The molecule has 0 bridgehead atoms. The SMILES string of the molecule is CC(CNC(=O)c1sc2ncccc2c1N)N(C)C. The maximum atomic E-state index is 12.1. The summed E-state index contributed by atoms with van der Waals surface area (Å²) in [5, 5.41) is 3.75. The van der Waals surface area contributed by atoms with Crippen LogP contribution in [0.2, 0.25) is 0 Å². The van der Waals surface area contributed by atoms with Crippen molar-refractivity contribution in [3.05, 3.63) is 23.2 Å². The van der Waals surface area contributed by atoms with Crippen LogP contribution in [-0.4, -0.2) is 42.5 Å². The zero-order chi connectivity index (χ0) is 14.0. The molecule has 0 fully saturated rings. The van der Waals surface area contributed by atoms with Crippen LogP contribution in [0.5, 0.6) is 0 Å². The van der Waals surface area contributed by atoms with E-state index < -0.39 is 0 Å². The van der Waals surface area contributed by atoms with Crippen LogP contribution in [0.4, 0.5) is 5.69 Å². The van der Waals surface area contributed by atoms with E-state index in [-0.39, 0.29) is 11.9 Å². The summed E-state index contributed by atoms with van der Waals surface area (Å²) in [6, 6.07) is 3.98. The molecule has 1 amide bonds. The molecule has 0 aliphatic rings. The number of nitrogen functional groups attached to an aromatic ring is 1. The van der Waals surface area contributed by atoms with E-state index in [0.717, 1.165) is 10.2 Å². The lowest BCUT2D eigenvalue weighted by molar-refractivity contribution is 0.0948. The number of carbonyl (C=O) groups is 1. The summed E-state index contributed by atoms with van der Waals surface area (Å²) in [6.45, 7) is 2.64. The van der Waals surface area contributed by atoms with Crippen molar-refractivity contribution in [1.29, 1.82) is 0 Å². The zero-order valence-electron chi connectivity index (χ0n) is 11.3. The summed E-state index contributed by atoms with van der Waals surface area (Å²) >= 11 is 1.33. The van der Waals surface area contributed by atoms with E-state index in [9.17, 15) is 4.79 Å². The third-order valence-corrected chi connectivity index (χ3v) is 4.28. The van der Waals surface area contributed by atoms with Crippen LogP contribution in [0.15, 0.2) is 18.3 Å². The largest absolute Gasteiger partial charge is 0.397 e. The number of nitrogens with two attached hydrogens (primary N) is 1. The Morgan fingerprint density at radius 2 is 2.32 bits per heavy atom. The van der Waals surface area contributed by atoms with Gasteiger partial charge in [0.25, 0.3) is 5.91 Å². The fraction of sp³-hybridized carbons (Fsp3) is 0.385. The van der Waals surface area contributed by atoms with E-state index in [0.29, 0.717) is 17.1 Å². The molecule has 0 saturated carbocycles. The van der Waals surface area contributed by atoms with Gasteiger partial charge in [-0.1, -0.05) is 0 Å². The maximum absolute atomic E-state index is 12.1. The lowest BCUT2D eigenvalue weighted by Gasteiger charge is -2.19. The van der Waals surface area contributed by atoms with Gasteiger partial charge in [-0.3, -0.25) is 4.79 Å². The number of rotatable bonds is 4. The lowest BCUT2D eigenvalue weighted by atomic mass is 10.2. The van der Waals surface area contributed by atoms with Crippen molar-refractivity contribution in [3.8, 4) is 0 Å². The van der Waals surface area contributed by atoms with Gasteiger partial charge < -0.3 is 16.0 Å². The minimum Gasteiger partial charge on any atom is -0.397 e. The van der Waals surface area contributed by atoms with Gasteiger partial charge in [-0.25, -0.2) is 4.98 Å². The summed E-state index contributed by atoms with van der Waals surface area (Å²) in [7, 11) is 3.96. The highest BCUT2D eigenvalue weighted by atomic mass is 32.1. The molecule has 102 valence electrons. The number of nitrogens with zero attached hydrogens (tertiary/aromatic N) is 2. The van der Waals surface area contributed by atoms with Gasteiger partial charge in [0.05, 0.1) is 5.69 Å². The number of pyridine rings is 1. The van der Waals surface area contributed by atoms with Crippen LogP contribution < -0.4 is 11.1 Å². The quantitative estimate of drug-likeness (QED) is 0.890. The molecule has 2 rings (SSSR count). The molecule has 0 radical (unpaired) electrons. The van der Waals surface area contributed by atoms with Crippen LogP contribution in [0.25, 0.3) is 10.2 Å². The Hall–Kier alpha value is -1.66. The van der Waals surface area contributed by atoms with E-state index in [2.05, 4.69) is 22.1 Å². The highest BCUT2D eigenvalue weighted by Gasteiger charge is 2.17. The first-order valence-electron chi connectivity index (χ1n) is 6.08. The molecule has 0 spiro atoms. The summed E-state index contributed by atoms with van der Waals surface area (Å²) in [4.78, 5) is 19.7. The van der Waals surface area contributed by atoms with Gasteiger partial charge in [0.1, 0.15) is 9.71 Å². The molecule has 2 aromatic heterocycles. The van der Waals surface area contributed by atoms with Crippen molar-refractivity contribution in [1.82, 2.24) is 15.2 Å². The molecular formula is C13H18N4OS. The fourth-order valence-corrected chi connectivity index (χ4v) is 2.60. The number of aromatic nitrogens is 1.